The van der Waals surface area contributed by atoms with Gasteiger partial charge in [0.1, 0.15) is 19.3 Å². The van der Waals surface area contributed by atoms with Crippen LogP contribution in [0.5, 0.6) is 0 Å². The Kier molecular flexibility index (Phi) is 61.3. The van der Waals surface area contributed by atoms with E-state index in [0.717, 1.165) is 115 Å². The van der Waals surface area contributed by atoms with E-state index in [1.807, 2.05) is 0 Å². The number of aliphatic hydroxyl groups is 1. The topological polar surface area (TPSA) is 237 Å². The number of hydrogen-bond acceptors (Lipinski definition) is 15. The van der Waals surface area contributed by atoms with Crippen molar-refractivity contribution in [2.24, 2.45) is 23.7 Å². The highest BCUT2D eigenvalue weighted by Gasteiger charge is 2.30. The molecule has 0 rings (SSSR count). The molecule has 0 heterocycles. The van der Waals surface area contributed by atoms with Gasteiger partial charge < -0.3 is 33.8 Å². The van der Waals surface area contributed by atoms with Crippen LogP contribution in [0, 0.1) is 23.7 Å². The van der Waals surface area contributed by atoms with Gasteiger partial charge in [0.2, 0.25) is 0 Å². The monoisotopic (exact) mass is 1350 g/mol. The Morgan fingerprint density at radius 3 is 0.674 bits per heavy atom. The summed E-state index contributed by atoms with van der Waals surface area (Å²) >= 11 is 0. The van der Waals surface area contributed by atoms with Gasteiger partial charge in [-0.05, 0) is 49.4 Å². The van der Waals surface area contributed by atoms with Crippen molar-refractivity contribution in [1.29, 1.82) is 0 Å². The molecule has 3 N–H and O–H groups in total. The molecule has 2 unspecified atom stereocenters. The quantitative estimate of drug-likeness (QED) is 0.0222. The van der Waals surface area contributed by atoms with Crippen LogP contribution in [0.2, 0.25) is 0 Å². The lowest BCUT2D eigenvalue weighted by atomic mass is 10.0. The SMILES string of the molecule is CC(C)CCCCCCCCCCCCCCCCC(=O)O[C@H](COC(=O)CCCCCCCCC(C)C)COP(=O)(O)OCC(O)COP(=O)(O)OC[C@@H](COC(=O)CCCCCCCCC(C)C)OC(=O)CCCCCCCCCCCCCCCCC(C)C. The minimum absolute atomic E-state index is 0.106. The summed E-state index contributed by atoms with van der Waals surface area (Å²) in [5.74, 6) is 0.820. The molecule has 0 bridgehead atoms. The number of phosphoric ester groups is 2. The fourth-order valence-electron chi connectivity index (χ4n) is 11.0. The number of hydrogen-bond donors (Lipinski definition) is 3. The smallest absolute Gasteiger partial charge is 0.462 e. The lowest BCUT2D eigenvalue weighted by molar-refractivity contribution is -0.161. The zero-order valence-corrected chi connectivity index (χ0v) is 62.0. The van der Waals surface area contributed by atoms with Gasteiger partial charge in [0.15, 0.2) is 12.2 Å². The van der Waals surface area contributed by atoms with E-state index in [2.05, 4.69) is 55.4 Å². The van der Waals surface area contributed by atoms with E-state index in [4.69, 9.17) is 37.0 Å². The Labute approximate surface area is 562 Å². The molecule has 0 aliphatic heterocycles. The third kappa shape index (κ3) is 66.7. The summed E-state index contributed by atoms with van der Waals surface area (Å²) in [6.45, 7) is 14.1. The largest absolute Gasteiger partial charge is 0.472 e. The summed E-state index contributed by atoms with van der Waals surface area (Å²) in [6.07, 6.45) is 46.2. The number of phosphoric acid groups is 2. The minimum Gasteiger partial charge on any atom is -0.462 e. The highest BCUT2D eigenvalue weighted by atomic mass is 31.2. The van der Waals surface area contributed by atoms with Crippen molar-refractivity contribution in [3.05, 3.63) is 0 Å². The van der Waals surface area contributed by atoms with Crippen LogP contribution >= 0.6 is 15.6 Å². The third-order valence-corrected chi connectivity index (χ3v) is 18.7. The molecule has 0 aromatic heterocycles. The van der Waals surface area contributed by atoms with E-state index in [9.17, 15) is 43.2 Å². The maximum Gasteiger partial charge on any atom is 0.472 e. The van der Waals surface area contributed by atoms with Gasteiger partial charge in [-0.15, -0.1) is 0 Å². The normalized spacial score (nSPS) is 14.2. The van der Waals surface area contributed by atoms with Crippen LogP contribution in [0.15, 0.2) is 0 Å². The van der Waals surface area contributed by atoms with Crippen LogP contribution in [0.25, 0.3) is 0 Å². The molecule has 4 atom stereocenters. The van der Waals surface area contributed by atoms with Crippen molar-refractivity contribution in [3.63, 3.8) is 0 Å². The van der Waals surface area contributed by atoms with Gasteiger partial charge >= 0.3 is 39.5 Å². The number of esters is 4. The molecule has 0 saturated carbocycles. The second kappa shape index (κ2) is 62.6. The first-order chi connectivity index (χ1) is 44.1. The van der Waals surface area contributed by atoms with Crippen LogP contribution in [-0.2, 0) is 65.4 Å². The first-order valence-corrected chi connectivity index (χ1v) is 40.7. The van der Waals surface area contributed by atoms with Crippen LogP contribution in [0.4, 0.5) is 0 Å². The number of aliphatic hydroxyl groups excluding tert-OH is 1. The van der Waals surface area contributed by atoms with E-state index >= 15 is 0 Å². The van der Waals surface area contributed by atoms with Crippen molar-refractivity contribution in [1.82, 2.24) is 0 Å². The van der Waals surface area contributed by atoms with Crippen molar-refractivity contribution in [2.45, 2.75) is 382 Å². The molecule has 0 aromatic rings. The minimum atomic E-state index is -4.95. The van der Waals surface area contributed by atoms with Crippen molar-refractivity contribution >= 4 is 39.5 Å². The number of rotatable bonds is 70. The Bertz CT molecular complexity index is 1690. The molecular weight excluding hydrogens is 1210 g/mol. The van der Waals surface area contributed by atoms with Gasteiger partial charge in [0.05, 0.1) is 26.4 Å². The lowest BCUT2D eigenvalue weighted by Gasteiger charge is -2.21. The lowest BCUT2D eigenvalue weighted by Crippen LogP contribution is -2.30. The Hall–Kier alpha value is -1.94. The first-order valence-electron chi connectivity index (χ1n) is 37.7. The fraction of sp³-hybridized carbons (Fsp3) is 0.945. The zero-order valence-electron chi connectivity index (χ0n) is 60.2. The van der Waals surface area contributed by atoms with Gasteiger partial charge in [0, 0.05) is 25.7 Å². The molecule has 546 valence electrons. The van der Waals surface area contributed by atoms with Crippen LogP contribution in [-0.4, -0.2) is 96.7 Å². The van der Waals surface area contributed by atoms with Crippen LogP contribution in [0.3, 0.4) is 0 Å². The molecule has 0 spiro atoms. The summed E-state index contributed by atoms with van der Waals surface area (Å²) < 4.78 is 68.3. The zero-order chi connectivity index (χ0) is 68.2. The van der Waals surface area contributed by atoms with Gasteiger partial charge in [-0.25, -0.2) is 9.13 Å². The molecule has 92 heavy (non-hydrogen) atoms. The fourth-order valence-corrected chi connectivity index (χ4v) is 12.6. The maximum absolute atomic E-state index is 13.0. The molecular formula is C73H142O17P2. The van der Waals surface area contributed by atoms with E-state index in [1.54, 1.807) is 0 Å². The summed E-state index contributed by atoms with van der Waals surface area (Å²) in [7, 11) is -9.91. The highest BCUT2D eigenvalue weighted by molar-refractivity contribution is 7.47. The van der Waals surface area contributed by atoms with Crippen LogP contribution < -0.4 is 0 Å². The number of unbranched alkanes of at least 4 members (excludes halogenated alkanes) is 36. The van der Waals surface area contributed by atoms with Gasteiger partial charge in [0.25, 0.3) is 0 Å². The molecule has 19 heteroatoms. The molecule has 17 nitrogen and oxygen atoms in total. The molecule has 0 aromatic carbocycles. The predicted octanol–water partition coefficient (Wildman–Crippen LogP) is 20.9. The van der Waals surface area contributed by atoms with E-state index in [-0.39, 0.29) is 25.7 Å². The third-order valence-electron chi connectivity index (χ3n) is 16.8. The number of ether oxygens (including phenoxy) is 4. The van der Waals surface area contributed by atoms with Crippen LogP contribution in [0.1, 0.15) is 364 Å². The number of carbonyl (C=O) groups is 4. The van der Waals surface area contributed by atoms with Crippen molar-refractivity contribution in [2.75, 3.05) is 39.6 Å². The average molecular weight is 1350 g/mol. The molecule has 0 fully saturated rings. The second-order valence-corrected chi connectivity index (χ2v) is 31.1. The molecule has 0 saturated heterocycles. The summed E-state index contributed by atoms with van der Waals surface area (Å²) in [4.78, 5) is 72.6. The average Bonchev–Trinajstić information content (AvgIpc) is 3.72. The summed E-state index contributed by atoms with van der Waals surface area (Å²) in [6, 6.07) is 0. The van der Waals surface area contributed by atoms with E-state index < -0.39 is 97.5 Å². The standard InChI is InChI=1S/C73H142O17P2/c1-63(2)49-41-33-25-21-17-13-9-11-15-19-23-27-39-47-55-72(77)89-68(59-83-70(75)53-45-37-31-29-35-43-51-65(5)6)61-87-91(79,80)85-57-67(74)58-86-92(81,82)88-62-69(60-84-71(76)54-46-38-32-30-36-44-52-66(7)8)90-73(78)56-48-40-28-24-20-16-12-10-14-18-22-26-34-42-50-64(3)4/h63-69,74H,9-62H2,1-8H3,(H,79,80)(H,81,82)/t68-,69-/m1/s1. The van der Waals surface area contributed by atoms with Gasteiger partial charge in [-0.3, -0.25) is 37.3 Å². The van der Waals surface area contributed by atoms with Crippen molar-refractivity contribution in [3.8, 4) is 0 Å². The van der Waals surface area contributed by atoms with E-state index in [1.165, 1.54) is 154 Å². The van der Waals surface area contributed by atoms with Gasteiger partial charge in [-0.1, -0.05) is 312 Å². The highest BCUT2D eigenvalue weighted by Crippen LogP contribution is 2.45. The molecule has 0 aliphatic rings. The number of carbonyl (C=O) groups excluding carboxylic acids is 4. The second-order valence-electron chi connectivity index (χ2n) is 28.2. The Balaban J connectivity index is 5.19. The first kappa shape index (κ1) is 90.1. The maximum atomic E-state index is 13.0. The molecule has 0 aliphatic carbocycles. The van der Waals surface area contributed by atoms with E-state index in [0.29, 0.717) is 37.5 Å². The summed E-state index contributed by atoms with van der Waals surface area (Å²) in [5.41, 5.74) is 0. The molecule has 0 amide bonds. The van der Waals surface area contributed by atoms with Crippen molar-refractivity contribution < 1.29 is 80.2 Å². The van der Waals surface area contributed by atoms with Gasteiger partial charge in [-0.2, -0.15) is 0 Å². The Morgan fingerprint density at radius 2 is 0.457 bits per heavy atom. The molecule has 0 radical (unpaired) electrons. The Morgan fingerprint density at radius 1 is 0.272 bits per heavy atom. The predicted molar refractivity (Wildman–Crippen MR) is 372 cm³/mol. The summed E-state index contributed by atoms with van der Waals surface area (Å²) in [5, 5.41) is 10.6.